The summed E-state index contributed by atoms with van der Waals surface area (Å²) >= 11 is 0. The van der Waals surface area contributed by atoms with Crippen LogP contribution < -0.4 is 11.1 Å². The summed E-state index contributed by atoms with van der Waals surface area (Å²) in [4.78, 5) is 35.8. The third kappa shape index (κ3) is 3.67. The molecule has 2 amide bonds. The molecule has 0 bridgehead atoms. The van der Waals surface area contributed by atoms with E-state index in [1.54, 1.807) is 24.3 Å². The van der Waals surface area contributed by atoms with Gasteiger partial charge in [0.15, 0.2) is 0 Å². The average molecular weight is 466 g/mol. The Labute approximate surface area is 200 Å². The van der Waals surface area contributed by atoms with Gasteiger partial charge in [-0.25, -0.2) is 9.59 Å². The Balaban J connectivity index is 1.78. The first kappa shape index (κ1) is 22.2. The summed E-state index contributed by atoms with van der Waals surface area (Å²) in [5.74, 6) is -0.593. The van der Waals surface area contributed by atoms with E-state index in [1.807, 2.05) is 43.3 Å². The molecule has 0 fully saturated rings. The fourth-order valence-electron chi connectivity index (χ4n) is 4.87. The molecule has 7 heteroatoms. The van der Waals surface area contributed by atoms with Gasteiger partial charge in [-0.2, -0.15) is 0 Å². The van der Waals surface area contributed by atoms with Gasteiger partial charge in [-0.3, -0.25) is 4.79 Å². The van der Waals surface area contributed by atoms with Crippen molar-refractivity contribution in [3.05, 3.63) is 76.9 Å². The number of allylic oxidation sites excluding steroid dienone is 1. The maximum Gasteiger partial charge on any atom is 0.338 e. The third-order valence-corrected chi connectivity index (χ3v) is 6.52. The number of carbonyl (C=O) groups excluding carboxylic acids is 3. The zero-order valence-corrected chi connectivity index (χ0v) is 19.1. The molecule has 7 nitrogen and oxygen atoms in total. The molecule has 0 aliphatic heterocycles. The van der Waals surface area contributed by atoms with Crippen LogP contribution in [-0.4, -0.2) is 30.5 Å². The molecule has 174 valence electrons. The second-order valence-corrected chi connectivity index (χ2v) is 8.59. The summed E-state index contributed by atoms with van der Waals surface area (Å²) in [5, 5.41) is 16.4. The molecule has 5 rings (SSSR count). The van der Waals surface area contributed by atoms with Crippen LogP contribution >= 0.6 is 0 Å². The number of fused-ring (bicyclic) bond motifs is 1. The van der Waals surface area contributed by atoms with Crippen LogP contribution in [0.4, 0.5) is 10.5 Å². The quantitative estimate of drug-likeness (QED) is 0.277. The Morgan fingerprint density at radius 1 is 1.03 bits per heavy atom. The number of hydrogen-bond acceptors (Lipinski definition) is 5. The Hall–Kier alpha value is -4.65. The van der Waals surface area contributed by atoms with Crippen molar-refractivity contribution in [3.8, 4) is 16.9 Å². The molecule has 1 atom stereocenters. The van der Waals surface area contributed by atoms with Gasteiger partial charge in [-0.05, 0) is 92.3 Å². The molecule has 4 N–H and O–H groups in total. The number of methoxy groups -OCH3 is 1. The number of rotatable bonds is 4. The Morgan fingerprint density at radius 3 is 2.51 bits per heavy atom. The minimum absolute atomic E-state index is 0.146. The van der Waals surface area contributed by atoms with E-state index in [2.05, 4.69) is 5.32 Å². The Morgan fingerprint density at radius 2 is 1.80 bits per heavy atom. The SMILES string of the molecule is COC(=O)c1cc2cc(NC(N)=O)ccc2cc1-c1cc2c3c(c(O)ccc3c1)C(C)C(C=O)=C2. The maximum atomic E-state index is 12.8. The van der Waals surface area contributed by atoms with E-state index in [4.69, 9.17) is 10.5 Å². The van der Waals surface area contributed by atoms with Gasteiger partial charge in [0.1, 0.15) is 12.0 Å². The van der Waals surface area contributed by atoms with Gasteiger partial charge < -0.3 is 20.9 Å². The fourth-order valence-corrected chi connectivity index (χ4v) is 4.87. The maximum absolute atomic E-state index is 12.8. The normalized spacial score (nSPS) is 14.5. The van der Waals surface area contributed by atoms with E-state index in [0.717, 1.165) is 44.5 Å². The van der Waals surface area contributed by atoms with Crippen LogP contribution in [0.5, 0.6) is 5.75 Å². The highest BCUT2D eigenvalue weighted by atomic mass is 16.5. The first-order chi connectivity index (χ1) is 16.8. The minimum Gasteiger partial charge on any atom is -0.508 e. The third-order valence-electron chi connectivity index (χ3n) is 6.52. The van der Waals surface area contributed by atoms with Gasteiger partial charge in [0, 0.05) is 17.2 Å². The lowest BCUT2D eigenvalue weighted by Gasteiger charge is -2.24. The molecule has 0 aromatic heterocycles. The van der Waals surface area contributed by atoms with Crippen molar-refractivity contribution >= 4 is 51.6 Å². The van der Waals surface area contributed by atoms with Gasteiger partial charge in [0.25, 0.3) is 0 Å². The van der Waals surface area contributed by atoms with Gasteiger partial charge >= 0.3 is 12.0 Å². The van der Waals surface area contributed by atoms with Crippen LogP contribution in [0.2, 0.25) is 0 Å². The van der Waals surface area contributed by atoms with Crippen LogP contribution in [0, 0.1) is 0 Å². The van der Waals surface area contributed by atoms with Crippen LogP contribution in [0.1, 0.15) is 34.3 Å². The molecule has 0 spiro atoms. The van der Waals surface area contributed by atoms with Crippen molar-refractivity contribution < 1.29 is 24.2 Å². The number of aldehydes is 1. The summed E-state index contributed by atoms with van der Waals surface area (Å²) < 4.78 is 5.06. The monoisotopic (exact) mass is 466 g/mol. The van der Waals surface area contributed by atoms with E-state index >= 15 is 0 Å². The van der Waals surface area contributed by atoms with Crippen LogP contribution in [0.15, 0.2) is 60.2 Å². The predicted molar refractivity (Wildman–Crippen MR) is 136 cm³/mol. The lowest BCUT2D eigenvalue weighted by atomic mass is 9.80. The Bertz CT molecular complexity index is 1600. The van der Waals surface area contributed by atoms with Crippen LogP contribution in [0.25, 0.3) is 38.7 Å². The summed E-state index contributed by atoms with van der Waals surface area (Å²) in [7, 11) is 1.32. The number of aromatic hydroxyl groups is 1. The molecular formula is C28H22N2O5. The molecule has 1 aliphatic carbocycles. The predicted octanol–water partition coefficient (Wildman–Crippen LogP) is 5.34. The molecular weight excluding hydrogens is 444 g/mol. The summed E-state index contributed by atoms with van der Waals surface area (Å²) in [6.45, 7) is 1.89. The first-order valence-corrected chi connectivity index (χ1v) is 11.0. The van der Waals surface area contributed by atoms with Crippen molar-refractivity contribution in [1.29, 1.82) is 0 Å². The van der Waals surface area contributed by atoms with E-state index in [9.17, 15) is 19.5 Å². The highest BCUT2D eigenvalue weighted by Crippen LogP contribution is 2.44. The lowest BCUT2D eigenvalue weighted by molar-refractivity contribution is -0.105. The van der Waals surface area contributed by atoms with Crippen LogP contribution in [0.3, 0.4) is 0 Å². The molecule has 0 heterocycles. The average Bonchev–Trinajstić information content (AvgIpc) is 2.84. The zero-order valence-electron chi connectivity index (χ0n) is 19.1. The number of benzene rings is 4. The van der Waals surface area contributed by atoms with Crippen molar-refractivity contribution in [3.63, 3.8) is 0 Å². The topological polar surface area (TPSA) is 119 Å². The molecule has 0 saturated carbocycles. The molecule has 4 aromatic rings. The number of hydrogen-bond donors (Lipinski definition) is 3. The zero-order chi connectivity index (χ0) is 24.9. The van der Waals surface area contributed by atoms with E-state index in [0.29, 0.717) is 22.4 Å². The second kappa shape index (κ2) is 8.29. The number of esters is 1. The van der Waals surface area contributed by atoms with Gasteiger partial charge in [-0.1, -0.05) is 19.1 Å². The first-order valence-electron chi connectivity index (χ1n) is 11.0. The second-order valence-electron chi connectivity index (χ2n) is 8.59. The fraction of sp³-hybridized carbons (Fsp3) is 0.107. The largest absolute Gasteiger partial charge is 0.508 e. The van der Waals surface area contributed by atoms with Crippen LogP contribution in [-0.2, 0) is 9.53 Å². The highest BCUT2D eigenvalue weighted by Gasteiger charge is 2.25. The number of amides is 2. The smallest absolute Gasteiger partial charge is 0.338 e. The van der Waals surface area contributed by atoms with Crippen molar-refractivity contribution in [1.82, 2.24) is 0 Å². The minimum atomic E-state index is -0.679. The number of urea groups is 1. The van der Waals surface area contributed by atoms with E-state index in [-0.39, 0.29) is 11.7 Å². The van der Waals surface area contributed by atoms with Gasteiger partial charge in [0.2, 0.25) is 0 Å². The number of nitrogens with two attached hydrogens (primary N) is 1. The summed E-state index contributed by atoms with van der Waals surface area (Å²) in [5.41, 5.74) is 9.59. The van der Waals surface area contributed by atoms with Crippen molar-refractivity contribution in [2.45, 2.75) is 12.8 Å². The number of carbonyl (C=O) groups is 3. The molecule has 1 unspecified atom stereocenters. The van der Waals surface area contributed by atoms with Gasteiger partial charge in [0.05, 0.1) is 12.7 Å². The number of phenols is 1. The summed E-state index contributed by atoms with van der Waals surface area (Å²) in [6.07, 6.45) is 2.64. The molecule has 4 aromatic carbocycles. The van der Waals surface area contributed by atoms with Crippen molar-refractivity contribution in [2.24, 2.45) is 5.73 Å². The molecule has 35 heavy (non-hydrogen) atoms. The van der Waals surface area contributed by atoms with E-state index < -0.39 is 12.0 Å². The van der Waals surface area contributed by atoms with E-state index in [1.165, 1.54) is 7.11 Å². The van der Waals surface area contributed by atoms with Gasteiger partial charge in [-0.15, -0.1) is 0 Å². The molecule has 0 radical (unpaired) electrons. The number of anilines is 1. The molecule has 1 aliphatic rings. The van der Waals surface area contributed by atoms with Crippen molar-refractivity contribution in [2.75, 3.05) is 12.4 Å². The summed E-state index contributed by atoms with van der Waals surface area (Å²) in [6, 6.07) is 15.6. The number of ether oxygens (including phenoxy) is 1. The lowest BCUT2D eigenvalue weighted by Crippen LogP contribution is -2.19. The number of nitrogens with one attached hydrogen (secondary N) is 1. The highest BCUT2D eigenvalue weighted by molar-refractivity contribution is 6.08. The molecule has 0 saturated heterocycles. The Kier molecular flexibility index (Phi) is 5.25. The standard InChI is InChI=1S/C28H22N2O5/c1-14-20(13-31)9-19-8-18(7-16-4-6-24(32)25(14)26(16)19)22-11-15-3-5-21(30-28(29)34)10-17(15)12-23(22)27(33)35-2/h3-14,32H,1-2H3,(H3,29,30,34). The number of phenolic OH excluding ortho intramolecular Hbond substituents is 1. The number of primary amides is 1.